The lowest BCUT2D eigenvalue weighted by Crippen LogP contribution is -2.25. The van der Waals surface area contributed by atoms with Gasteiger partial charge in [0.05, 0.1) is 6.54 Å². The van der Waals surface area contributed by atoms with Gasteiger partial charge in [0, 0.05) is 18.0 Å². The monoisotopic (exact) mass is 232 g/mol. The minimum Gasteiger partial charge on any atom is -0.292 e. The molecule has 0 aliphatic rings. The fraction of sp³-hybridized carbons (Fsp3) is 0.0833. The Hall–Kier alpha value is -2.30. The molecule has 0 saturated heterocycles. The normalized spacial score (nSPS) is 10.2. The van der Waals surface area contributed by atoms with Crippen molar-refractivity contribution in [3.63, 3.8) is 0 Å². The average molecular weight is 232 g/mol. The first-order valence-electron chi connectivity index (χ1n) is 4.97. The standard InChI is InChI=1S/C12H9FN2O2/c13-10-4-2-9(3-5-10)11(16)8-15-7-1-6-14-12(15)17/h1-7H,8H2. The van der Waals surface area contributed by atoms with Crippen LogP contribution in [0.4, 0.5) is 4.39 Å². The summed E-state index contributed by atoms with van der Waals surface area (Å²) in [5, 5.41) is 0. The number of ketones is 1. The minimum absolute atomic E-state index is 0.0989. The fourth-order valence-corrected chi connectivity index (χ4v) is 1.39. The maximum Gasteiger partial charge on any atom is 0.347 e. The first-order chi connectivity index (χ1) is 8.16. The lowest BCUT2D eigenvalue weighted by Gasteiger charge is -2.03. The number of hydrogen-bond acceptors (Lipinski definition) is 3. The van der Waals surface area contributed by atoms with E-state index in [0.717, 1.165) is 0 Å². The van der Waals surface area contributed by atoms with Crippen LogP contribution in [0.5, 0.6) is 0 Å². The molecule has 4 nitrogen and oxygen atoms in total. The number of benzene rings is 1. The van der Waals surface area contributed by atoms with E-state index in [2.05, 4.69) is 4.98 Å². The van der Waals surface area contributed by atoms with E-state index < -0.39 is 11.5 Å². The lowest BCUT2D eigenvalue weighted by atomic mass is 10.1. The van der Waals surface area contributed by atoms with Crippen molar-refractivity contribution in [1.29, 1.82) is 0 Å². The van der Waals surface area contributed by atoms with Crippen LogP contribution >= 0.6 is 0 Å². The van der Waals surface area contributed by atoms with Gasteiger partial charge in [0.25, 0.3) is 0 Å². The summed E-state index contributed by atoms with van der Waals surface area (Å²) in [4.78, 5) is 26.6. The third kappa shape index (κ3) is 2.63. The van der Waals surface area contributed by atoms with Gasteiger partial charge >= 0.3 is 5.69 Å². The second-order valence-corrected chi connectivity index (χ2v) is 3.46. The molecule has 2 rings (SSSR count). The Balaban J connectivity index is 2.20. The molecule has 86 valence electrons. The van der Waals surface area contributed by atoms with E-state index in [-0.39, 0.29) is 12.3 Å². The van der Waals surface area contributed by atoms with Gasteiger partial charge in [-0.1, -0.05) is 0 Å². The van der Waals surface area contributed by atoms with Crippen molar-refractivity contribution in [3.8, 4) is 0 Å². The van der Waals surface area contributed by atoms with Crippen LogP contribution in [0.25, 0.3) is 0 Å². The molecule has 2 aromatic rings. The number of carbonyl (C=O) groups excluding carboxylic acids is 1. The van der Waals surface area contributed by atoms with Crippen LogP contribution in [-0.4, -0.2) is 15.3 Å². The Bertz CT molecular complexity index is 590. The SMILES string of the molecule is O=C(Cn1cccnc1=O)c1ccc(F)cc1. The number of rotatable bonds is 3. The third-order valence-electron chi connectivity index (χ3n) is 2.26. The van der Waals surface area contributed by atoms with Crippen molar-refractivity contribution in [2.75, 3.05) is 0 Å². The number of carbonyl (C=O) groups is 1. The summed E-state index contributed by atoms with van der Waals surface area (Å²) in [7, 11) is 0. The predicted octanol–water partition coefficient (Wildman–Crippen LogP) is 1.27. The van der Waals surface area contributed by atoms with Crippen LogP contribution in [0.3, 0.4) is 0 Å². The minimum atomic E-state index is -0.483. The molecule has 0 saturated carbocycles. The molecule has 0 unspecified atom stereocenters. The van der Waals surface area contributed by atoms with Gasteiger partial charge in [0.15, 0.2) is 5.78 Å². The van der Waals surface area contributed by atoms with Gasteiger partial charge in [-0.25, -0.2) is 14.2 Å². The number of hydrogen-bond donors (Lipinski definition) is 0. The van der Waals surface area contributed by atoms with E-state index in [1.165, 1.54) is 41.2 Å². The summed E-state index contributed by atoms with van der Waals surface area (Å²) in [6.45, 7) is -0.0989. The van der Waals surface area contributed by atoms with Gasteiger partial charge in [-0.05, 0) is 30.3 Å². The highest BCUT2D eigenvalue weighted by molar-refractivity contribution is 5.95. The molecule has 0 spiro atoms. The quantitative estimate of drug-likeness (QED) is 0.749. The van der Waals surface area contributed by atoms with Gasteiger partial charge < -0.3 is 0 Å². The molecule has 0 amide bonds. The van der Waals surface area contributed by atoms with Crippen LogP contribution < -0.4 is 5.69 Å². The molecule has 0 atom stereocenters. The maximum atomic E-state index is 12.7. The second-order valence-electron chi connectivity index (χ2n) is 3.46. The first-order valence-corrected chi connectivity index (χ1v) is 4.97. The molecule has 17 heavy (non-hydrogen) atoms. The Labute approximate surface area is 96.4 Å². The molecule has 0 N–H and O–H groups in total. The van der Waals surface area contributed by atoms with E-state index in [9.17, 15) is 14.0 Å². The molecule has 0 fully saturated rings. The molecule has 1 aromatic carbocycles. The highest BCUT2D eigenvalue weighted by atomic mass is 19.1. The largest absolute Gasteiger partial charge is 0.347 e. The van der Waals surface area contributed by atoms with E-state index in [0.29, 0.717) is 5.56 Å². The highest BCUT2D eigenvalue weighted by Gasteiger charge is 2.07. The van der Waals surface area contributed by atoms with Crippen molar-refractivity contribution in [2.45, 2.75) is 6.54 Å². The Morgan fingerprint density at radius 2 is 2.00 bits per heavy atom. The van der Waals surface area contributed by atoms with Gasteiger partial charge in [-0.15, -0.1) is 0 Å². The predicted molar refractivity (Wildman–Crippen MR) is 59.2 cm³/mol. The summed E-state index contributed by atoms with van der Waals surface area (Å²) in [5.74, 6) is -0.666. The number of aromatic nitrogens is 2. The second kappa shape index (κ2) is 4.69. The van der Waals surface area contributed by atoms with Crippen molar-refractivity contribution in [2.24, 2.45) is 0 Å². The van der Waals surface area contributed by atoms with Crippen LogP contribution in [0, 0.1) is 5.82 Å². The molecule has 5 heteroatoms. The Morgan fingerprint density at radius 3 is 2.65 bits per heavy atom. The zero-order chi connectivity index (χ0) is 12.3. The van der Waals surface area contributed by atoms with Gasteiger partial charge in [-0.2, -0.15) is 0 Å². The van der Waals surface area contributed by atoms with E-state index in [4.69, 9.17) is 0 Å². The Kier molecular flexibility index (Phi) is 3.09. The third-order valence-corrected chi connectivity index (χ3v) is 2.26. The molecule has 1 heterocycles. The van der Waals surface area contributed by atoms with Crippen LogP contribution in [0.15, 0.2) is 47.5 Å². The molecule has 0 aliphatic heterocycles. The van der Waals surface area contributed by atoms with Crippen LogP contribution in [0.2, 0.25) is 0 Å². The fourth-order valence-electron chi connectivity index (χ4n) is 1.39. The van der Waals surface area contributed by atoms with E-state index in [1.54, 1.807) is 6.07 Å². The van der Waals surface area contributed by atoms with Gasteiger partial charge in [0.1, 0.15) is 5.82 Å². The average Bonchev–Trinajstić information content (AvgIpc) is 2.33. The van der Waals surface area contributed by atoms with Crippen molar-refractivity contribution >= 4 is 5.78 Å². The topological polar surface area (TPSA) is 52.0 Å². The van der Waals surface area contributed by atoms with E-state index >= 15 is 0 Å². The number of Topliss-reactive ketones (excluding diaryl/α,β-unsaturated/α-hetero) is 1. The summed E-state index contributed by atoms with van der Waals surface area (Å²) in [6, 6.07) is 6.76. The Morgan fingerprint density at radius 1 is 1.29 bits per heavy atom. The number of halogens is 1. The molecule has 0 aliphatic carbocycles. The summed E-state index contributed by atoms with van der Waals surface area (Å²) >= 11 is 0. The van der Waals surface area contributed by atoms with Gasteiger partial charge in [0.2, 0.25) is 0 Å². The van der Waals surface area contributed by atoms with Crippen molar-refractivity contribution in [3.05, 3.63) is 64.6 Å². The summed E-state index contributed by atoms with van der Waals surface area (Å²) < 4.78 is 13.9. The first kappa shape index (κ1) is 11.2. The van der Waals surface area contributed by atoms with Crippen LogP contribution in [-0.2, 0) is 6.54 Å². The van der Waals surface area contributed by atoms with Crippen molar-refractivity contribution in [1.82, 2.24) is 9.55 Å². The molecular weight excluding hydrogens is 223 g/mol. The van der Waals surface area contributed by atoms with Crippen LogP contribution in [0.1, 0.15) is 10.4 Å². The highest BCUT2D eigenvalue weighted by Crippen LogP contribution is 2.04. The van der Waals surface area contributed by atoms with Gasteiger partial charge in [-0.3, -0.25) is 9.36 Å². The zero-order valence-electron chi connectivity index (χ0n) is 8.84. The summed E-state index contributed by atoms with van der Waals surface area (Å²) in [6.07, 6.45) is 2.85. The summed E-state index contributed by atoms with van der Waals surface area (Å²) in [5.41, 5.74) is -0.120. The smallest absolute Gasteiger partial charge is 0.292 e. The molecule has 0 radical (unpaired) electrons. The van der Waals surface area contributed by atoms with Crippen molar-refractivity contribution < 1.29 is 9.18 Å². The number of nitrogens with zero attached hydrogens (tertiary/aromatic N) is 2. The molecule has 0 bridgehead atoms. The zero-order valence-corrected chi connectivity index (χ0v) is 8.84. The molecule has 1 aromatic heterocycles. The maximum absolute atomic E-state index is 12.7. The lowest BCUT2D eigenvalue weighted by molar-refractivity contribution is 0.0970. The van der Waals surface area contributed by atoms with E-state index in [1.807, 2.05) is 0 Å². The molecular formula is C12H9FN2O2.